The van der Waals surface area contributed by atoms with Crippen LogP contribution in [-0.4, -0.2) is 5.11 Å². The van der Waals surface area contributed by atoms with E-state index in [1.807, 2.05) is 37.3 Å². The quantitative estimate of drug-likeness (QED) is 0.683. The van der Waals surface area contributed by atoms with Crippen LogP contribution >= 0.6 is 15.9 Å². The van der Waals surface area contributed by atoms with E-state index in [1.165, 1.54) is 10.8 Å². The van der Waals surface area contributed by atoms with Crippen molar-refractivity contribution in [2.24, 2.45) is 0 Å². The van der Waals surface area contributed by atoms with Crippen molar-refractivity contribution in [3.05, 3.63) is 70.2 Å². The van der Waals surface area contributed by atoms with Crippen molar-refractivity contribution in [1.82, 2.24) is 0 Å². The molecule has 0 bridgehead atoms. The predicted octanol–water partition coefficient (Wildman–Crippen LogP) is 5.23. The fraction of sp³-hybridized carbons (Fsp3) is 0.111. The monoisotopic (exact) mass is 341 g/mol. The summed E-state index contributed by atoms with van der Waals surface area (Å²) in [5.41, 5.74) is 3.11. The van der Waals surface area contributed by atoms with Gasteiger partial charge in [-0.2, -0.15) is 0 Å². The van der Waals surface area contributed by atoms with Crippen LogP contribution in [-0.2, 0) is 6.54 Å². The molecule has 0 radical (unpaired) electrons. The molecule has 3 rings (SSSR count). The highest BCUT2D eigenvalue weighted by molar-refractivity contribution is 9.10. The van der Waals surface area contributed by atoms with Crippen LogP contribution < -0.4 is 5.32 Å². The molecule has 0 saturated carbocycles. The Kier molecular flexibility index (Phi) is 3.84. The van der Waals surface area contributed by atoms with Crippen LogP contribution in [0, 0.1) is 6.92 Å². The molecule has 0 aliphatic carbocycles. The van der Waals surface area contributed by atoms with Crippen molar-refractivity contribution in [2.75, 3.05) is 5.32 Å². The number of aryl methyl sites for hydroxylation is 1. The number of anilines is 1. The SMILES string of the molecule is Cc1ccc(O)c(CNc2ccc(Br)c3ccccc23)c1. The number of aromatic hydroxyl groups is 1. The maximum absolute atomic E-state index is 9.92. The fourth-order valence-electron chi connectivity index (χ4n) is 2.46. The molecule has 0 heterocycles. The topological polar surface area (TPSA) is 32.3 Å². The molecule has 0 unspecified atom stereocenters. The third kappa shape index (κ3) is 2.88. The Morgan fingerprint density at radius 2 is 1.76 bits per heavy atom. The van der Waals surface area contributed by atoms with E-state index < -0.39 is 0 Å². The Hall–Kier alpha value is -2.00. The van der Waals surface area contributed by atoms with E-state index in [-0.39, 0.29) is 0 Å². The molecule has 0 saturated heterocycles. The summed E-state index contributed by atoms with van der Waals surface area (Å²) in [7, 11) is 0. The van der Waals surface area contributed by atoms with Crippen molar-refractivity contribution in [3.8, 4) is 5.75 Å². The first-order chi connectivity index (χ1) is 10.1. The van der Waals surface area contributed by atoms with Gasteiger partial charge in [0.2, 0.25) is 0 Å². The first-order valence-corrected chi connectivity index (χ1v) is 7.64. The highest BCUT2D eigenvalue weighted by atomic mass is 79.9. The molecule has 2 N–H and O–H groups in total. The average molecular weight is 342 g/mol. The number of phenols is 1. The maximum Gasteiger partial charge on any atom is 0.120 e. The predicted molar refractivity (Wildman–Crippen MR) is 91.8 cm³/mol. The zero-order chi connectivity index (χ0) is 14.8. The molecule has 3 heteroatoms. The Morgan fingerprint density at radius 1 is 1.00 bits per heavy atom. The van der Waals surface area contributed by atoms with Gasteiger partial charge in [0, 0.05) is 27.7 Å². The van der Waals surface area contributed by atoms with E-state index >= 15 is 0 Å². The lowest BCUT2D eigenvalue weighted by atomic mass is 10.1. The van der Waals surface area contributed by atoms with Crippen molar-refractivity contribution in [2.45, 2.75) is 13.5 Å². The molecule has 3 aromatic rings. The van der Waals surface area contributed by atoms with Gasteiger partial charge in [0.15, 0.2) is 0 Å². The third-order valence-electron chi connectivity index (χ3n) is 3.58. The molecule has 0 fully saturated rings. The largest absolute Gasteiger partial charge is 0.508 e. The Balaban J connectivity index is 1.92. The molecule has 2 nitrogen and oxygen atoms in total. The van der Waals surface area contributed by atoms with Gasteiger partial charge in [-0.25, -0.2) is 0 Å². The van der Waals surface area contributed by atoms with Crippen LogP contribution in [0.3, 0.4) is 0 Å². The number of halogens is 1. The first-order valence-electron chi connectivity index (χ1n) is 6.85. The first kappa shape index (κ1) is 14.0. The number of benzene rings is 3. The zero-order valence-corrected chi connectivity index (χ0v) is 13.3. The lowest BCUT2D eigenvalue weighted by Gasteiger charge is -2.12. The molecule has 0 spiro atoms. The summed E-state index contributed by atoms with van der Waals surface area (Å²) < 4.78 is 1.09. The van der Waals surface area contributed by atoms with Crippen LogP contribution in [0.5, 0.6) is 5.75 Å². The van der Waals surface area contributed by atoms with Gasteiger partial charge in [-0.05, 0) is 30.5 Å². The van der Waals surface area contributed by atoms with Crippen LogP contribution in [0.2, 0.25) is 0 Å². The summed E-state index contributed by atoms with van der Waals surface area (Å²) in [5.74, 6) is 0.328. The summed E-state index contributed by atoms with van der Waals surface area (Å²) >= 11 is 3.58. The number of rotatable bonds is 3. The molecule has 0 aliphatic rings. The molecular formula is C18H16BrNO. The second-order valence-electron chi connectivity index (χ2n) is 5.13. The van der Waals surface area contributed by atoms with Gasteiger partial charge in [0.1, 0.15) is 5.75 Å². The zero-order valence-electron chi connectivity index (χ0n) is 11.7. The minimum absolute atomic E-state index is 0.328. The highest BCUT2D eigenvalue weighted by Crippen LogP contribution is 2.30. The van der Waals surface area contributed by atoms with Crippen LogP contribution in [0.25, 0.3) is 10.8 Å². The normalized spacial score (nSPS) is 10.8. The number of hydrogen-bond acceptors (Lipinski definition) is 2. The summed E-state index contributed by atoms with van der Waals surface area (Å²) in [4.78, 5) is 0. The van der Waals surface area contributed by atoms with Gasteiger partial charge in [-0.1, -0.05) is 57.9 Å². The Morgan fingerprint density at radius 3 is 2.57 bits per heavy atom. The summed E-state index contributed by atoms with van der Waals surface area (Å²) in [5, 5.41) is 15.7. The van der Waals surface area contributed by atoms with Crippen molar-refractivity contribution < 1.29 is 5.11 Å². The third-order valence-corrected chi connectivity index (χ3v) is 4.27. The van der Waals surface area contributed by atoms with E-state index in [2.05, 4.69) is 39.4 Å². The van der Waals surface area contributed by atoms with Crippen LogP contribution in [0.1, 0.15) is 11.1 Å². The van der Waals surface area contributed by atoms with E-state index in [0.717, 1.165) is 21.3 Å². The van der Waals surface area contributed by atoms with E-state index in [4.69, 9.17) is 0 Å². The van der Waals surface area contributed by atoms with Gasteiger partial charge in [0.25, 0.3) is 0 Å². The minimum atomic E-state index is 0.328. The van der Waals surface area contributed by atoms with E-state index in [9.17, 15) is 5.11 Å². The molecule has 0 aliphatic heterocycles. The summed E-state index contributed by atoms with van der Waals surface area (Å²) in [6, 6.07) is 18.0. The number of phenolic OH excluding ortho intramolecular Hbond substituents is 1. The average Bonchev–Trinajstić information content (AvgIpc) is 2.50. The van der Waals surface area contributed by atoms with E-state index in [1.54, 1.807) is 6.07 Å². The highest BCUT2D eigenvalue weighted by Gasteiger charge is 2.05. The second kappa shape index (κ2) is 5.78. The molecule has 0 atom stereocenters. The Labute approximate surface area is 132 Å². The van der Waals surface area contributed by atoms with Crippen molar-refractivity contribution in [3.63, 3.8) is 0 Å². The maximum atomic E-state index is 9.92. The molecule has 0 amide bonds. The minimum Gasteiger partial charge on any atom is -0.508 e. The lowest BCUT2D eigenvalue weighted by Crippen LogP contribution is -2.00. The van der Waals surface area contributed by atoms with Gasteiger partial charge in [0.05, 0.1) is 0 Å². The second-order valence-corrected chi connectivity index (χ2v) is 5.98. The van der Waals surface area contributed by atoms with Crippen LogP contribution in [0.4, 0.5) is 5.69 Å². The number of hydrogen-bond donors (Lipinski definition) is 2. The molecule has 0 aromatic heterocycles. The Bertz CT molecular complexity index is 798. The van der Waals surface area contributed by atoms with Crippen LogP contribution in [0.15, 0.2) is 59.1 Å². The van der Waals surface area contributed by atoms with Crippen molar-refractivity contribution in [1.29, 1.82) is 0 Å². The summed E-state index contributed by atoms with van der Waals surface area (Å²) in [6.45, 7) is 2.62. The van der Waals surface area contributed by atoms with Crippen molar-refractivity contribution >= 4 is 32.4 Å². The summed E-state index contributed by atoms with van der Waals surface area (Å²) in [6.07, 6.45) is 0. The van der Waals surface area contributed by atoms with Gasteiger partial charge in [-0.15, -0.1) is 0 Å². The van der Waals surface area contributed by atoms with Gasteiger partial charge in [-0.3, -0.25) is 0 Å². The van der Waals surface area contributed by atoms with Gasteiger partial charge >= 0.3 is 0 Å². The standard InChI is InChI=1S/C18H16BrNO/c1-12-6-9-18(21)13(10-12)11-20-17-8-7-16(19)14-4-2-3-5-15(14)17/h2-10,20-21H,11H2,1H3. The molecule has 21 heavy (non-hydrogen) atoms. The molecular weight excluding hydrogens is 326 g/mol. The van der Waals surface area contributed by atoms with E-state index in [0.29, 0.717) is 12.3 Å². The lowest BCUT2D eigenvalue weighted by molar-refractivity contribution is 0.469. The number of fused-ring (bicyclic) bond motifs is 1. The molecule has 106 valence electrons. The fourth-order valence-corrected chi connectivity index (χ4v) is 2.94. The molecule has 3 aromatic carbocycles. The smallest absolute Gasteiger partial charge is 0.120 e. The van der Waals surface area contributed by atoms with Gasteiger partial charge < -0.3 is 10.4 Å². The number of nitrogens with one attached hydrogen (secondary N) is 1.